The number of pyridine rings is 1. The molecule has 7 heteroatoms. The number of aryl methyl sites for hydroxylation is 1. The summed E-state index contributed by atoms with van der Waals surface area (Å²) in [6.45, 7) is 8.11. The second kappa shape index (κ2) is 9.77. The molecule has 2 fully saturated rings. The number of aromatic nitrogens is 1. The average Bonchev–Trinajstić information content (AvgIpc) is 2.80. The number of nitro groups is 1. The summed E-state index contributed by atoms with van der Waals surface area (Å²) in [4.78, 5) is 33.4. The van der Waals surface area contributed by atoms with E-state index >= 15 is 0 Å². The van der Waals surface area contributed by atoms with Crippen LogP contribution in [0.2, 0.25) is 0 Å². The Labute approximate surface area is 189 Å². The summed E-state index contributed by atoms with van der Waals surface area (Å²) in [5, 5.41) is 11.3. The molecule has 1 amide bonds. The molecule has 0 saturated carbocycles. The Kier molecular flexibility index (Phi) is 6.84. The quantitative estimate of drug-likeness (QED) is 0.507. The van der Waals surface area contributed by atoms with Crippen LogP contribution in [-0.2, 0) is 6.54 Å². The molecule has 0 bridgehead atoms. The standard InChI is InChI=1S/C25H32N4O3/c1-18-9-15-28(16-10-18)25(30)22-8-7-19(2)26-24(22)20-11-13-27(14-12-20)17-21-5-3-4-6-23(21)29(31)32/h3-8,18,20H,9-17H2,1-2H3. The molecule has 2 aromatic rings. The Bertz CT molecular complexity index is 977. The van der Waals surface area contributed by atoms with Crippen LogP contribution in [0, 0.1) is 23.0 Å². The number of amides is 1. The highest BCUT2D eigenvalue weighted by atomic mass is 16.6. The van der Waals surface area contributed by atoms with E-state index in [4.69, 9.17) is 4.98 Å². The molecule has 0 radical (unpaired) electrons. The van der Waals surface area contributed by atoms with Crippen molar-refractivity contribution in [3.05, 3.63) is 69.0 Å². The van der Waals surface area contributed by atoms with Crippen molar-refractivity contribution in [2.24, 2.45) is 5.92 Å². The van der Waals surface area contributed by atoms with Gasteiger partial charge in [0.25, 0.3) is 11.6 Å². The fourth-order valence-electron chi connectivity index (χ4n) is 4.88. The summed E-state index contributed by atoms with van der Waals surface area (Å²) in [6, 6.07) is 10.9. The number of piperidine rings is 2. The zero-order valence-electron chi connectivity index (χ0n) is 19.0. The van der Waals surface area contributed by atoms with Gasteiger partial charge in [0.2, 0.25) is 0 Å². The predicted octanol–water partition coefficient (Wildman–Crippen LogP) is 4.55. The summed E-state index contributed by atoms with van der Waals surface area (Å²) in [7, 11) is 0. The summed E-state index contributed by atoms with van der Waals surface area (Å²) in [5.41, 5.74) is 3.55. The Morgan fingerprint density at radius 1 is 1.06 bits per heavy atom. The van der Waals surface area contributed by atoms with Crippen molar-refractivity contribution < 1.29 is 9.72 Å². The number of carbonyl (C=O) groups excluding carboxylic acids is 1. The van der Waals surface area contributed by atoms with Gasteiger partial charge in [-0.3, -0.25) is 24.8 Å². The van der Waals surface area contributed by atoms with Crippen LogP contribution in [0.25, 0.3) is 0 Å². The Morgan fingerprint density at radius 2 is 1.75 bits per heavy atom. The highest BCUT2D eigenvalue weighted by Gasteiger charge is 2.29. The summed E-state index contributed by atoms with van der Waals surface area (Å²) >= 11 is 0. The van der Waals surface area contributed by atoms with Gasteiger partial charge in [-0.25, -0.2) is 0 Å². The monoisotopic (exact) mass is 436 g/mol. The number of nitro benzene ring substituents is 1. The molecule has 0 N–H and O–H groups in total. The molecule has 0 aliphatic carbocycles. The van der Waals surface area contributed by atoms with E-state index in [2.05, 4.69) is 11.8 Å². The molecular formula is C25H32N4O3. The molecule has 0 atom stereocenters. The van der Waals surface area contributed by atoms with Gasteiger partial charge in [-0.05, 0) is 63.7 Å². The van der Waals surface area contributed by atoms with Crippen LogP contribution in [0.3, 0.4) is 0 Å². The number of hydrogen-bond acceptors (Lipinski definition) is 5. The van der Waals surface area contributed by atoms with E-state index in [1.807, 2.05) is 36.1 Å². The van der Waals surface area contributed by atoms with Gasteiger partial charge in [0.15, 0.2) is 0 Å². The smallest absolute Gasteiger partial charge is 0.273 e. The second-order valence-electron chi connectivity index (χ2n) is 9.30. The van der Waals surface area contributed by atoms with E-state index in [-0.39, 0.29) is 22.4 Å². The normalized spacial score (nSPS) is 18.6. The van der Waals surface area contributed by atoms with Crippen LogP contribution >= 0.6 is 0 Å². The number of hydrogen-bond donors (Lipinski definition) is 0. The molecule has 1 aromatic carbocycles. The molecule has 32 heavy (non-hydrogen) atoms. The lowest BCUT2D eigenvalue weighted by Crippen LogP contribution is -2.39. The number of nitrogens with zero attached hydrogens (tertiary/aromatic N) is 4. The van der Waals surface area contributed by atoms with Crippen molar-refractivity contribution in [2.75, 3.05) is 26.2 Å². The van der Waals surface area contributed by atoms with Crippen LogP contribution in [0.4, 0.5) is 5.69 Å². The molecule has 2 aliphatic heterocycles. The summed E-state index contributed by atoms with van der Waals surface area (Å²) in [6.07, 6.45) is 3.91. The Morgan fingerprint density at radius 3 is 2.44 bits per heavy atom. The SMILES string of the molecule is Cc1ccc(C(=O)N2CCC(C)CC2)c(C2CCN(Cc3ccccc3[N+](=O)[O-])CC2)n1. The second-order valence-corrected chi connectivity index (χ2v) is 9.30. The van der Waals surface area contributed by atoms with Crippen LogP contribution in [0.15, 0.2) is 36.4 Å². The first-order valence-electron chi connectivity index (χ1n) is 11.6. The van der Waals surface area contributed by atoms with E-state index in [0.29, 0.717) is 12.5 Å². The lowest BCUT2D eigenvalue weighted by atomic mass is 9.89. The van der Waals surface area contributed by atoms with Gasteiger partial charge < -0.3 is 4.90 Å². The molecule has 2 saturated heterocycles. The molecule has 170 valence electrons. The van der Waals surface area contributed by atoms with Crippen molar-refractivity contribution >= 4 is 11.6 Å². The van der Waals surface area contributed by atoms with E-state index < -0.39 is 0 Å². The fourth-order valence-corrected chi connectivity index (χ4v) is 4.88. The van der Waals surface area contributed by atoms with Gasteiger partial charge >= 0.3 is 0 Å². The number of rotatable bonds is 5. The first-order valence-corrected chi connectivity index (χ1v) is 11.6. The van der Waals surface area contributed by atoms with E-state index in [9.17, 15) is 14.9 Å². The van der Waals surface area contributed by atoms with Crippen molar-refractivity contribution in [3.8, 4) is 0 Å². The van der Waals surface area contributed by atoms with Crippen molar-refractivity contribution in [1.29, 1.82) is 0 Å². The minimum atomic E-state index is -0.308. The number of para-hydroxylation sites is 1. The van der Waals surface area contributed by atoms with Gasteiger partial charge in [-0.15, -0.1) is 0 Å². The third kappa shape index (κ3) is 4.99. The van der Waals surface area contributed by atoms with E-state index in [1.165, 1.54) is 0 Å². The molecule has 1 aromatic heterocycles. The van der Waals surface area contributed by atoms with Crippen LogP contribution in [0.5, 0.6) is 0 Å². The zero-order chi connectivity index (χ0) is 22.7. The van der Waals surface area contributed by atoms with Crippen LogP contribution in [-0.4, -0.2) is 51.8 Å². The maximum absolute atomic E-state index is 13.3. The van der Waals surface area contributed by atoms with Crippen molar-refractivity contribution in [2.45, 2.75) is 52.0 Å². The molecule has 0 unspecified atom stereocenters. The van der Waals surface area contributed by atoms with Crippen LogP contribution in [0.1, 0.15) is 65.8 Å². The van der Waals surface area contributed by atoms with Crippen molar-refractivity contribution in [1.82, 2.24) is 14.8 Å². The fraction of sp³-hybridized carbons (Fsp3) is 0.520. The van der Waals surface area contributed by atoms with Gasteiger partial charge in [-0.2, -0.15) is 0 Å². The molecule has 4 rings (SSSR count). The largest absolute Gasteiger partial charge is 0.339 e. The van der Waals surface area contributed by atoms with E-state index in [1.54, 1.807) is 12.1 Å². The Hall–Kier alpha value is -2.80. The first kappa shape index (κ1) is 22.4. The van der Waals surface area contributed by atoms with Crippen LogP contribution < -0.4 is 0 Å². The van der Waals surface area contributed by atoms with Crippen molar-refractivity contribution in [3.63, 3.8) is 0 Å². The number of benzene rings is 1. The van der Waals surface area contributed by atoms with Gasteiger partial charge in [-0.1, -0.05) is 25.1 Å². The minimum Gasteiger partial charge on any atom is -0.339 e. The maximum Gasteiger partial charge on any atom is 0.273 e. The van der Waals surface area contributed by atoms with Gasteiger partial charge in [0, 0.05) is 42.9 Å². The molecule has 0 spiro atoms. The highest BCUT2D eigenvalue weighted by molar-refractivity contribution is 5.95. The molecular weight excluding hydrogens is 404 g/mol. The molecule has 2 aliphatic rings. The Balaban J connectivity index is 1.45. The third-order valence-electron chi connectivity index (χ3n) is 6.92. The third-order valence-corrected chi connectivity index (χ3v) is 6.92. The summed E-state index contributed by atoms with van der Waals surface area (Å²) in [5.74, 6) is 1.03. The summed E-state index contributed by atoms with van der Waals surface area (Å²) < 4.78 is 0. The minimum absolute atomic E-state index is 0.113. The lowest BCUT2D eigenvalue weighted by Gasteiger charge is -2.34. The number of carbonyl (C=O) groups is 1. The lowest BCUT2D eigenvalue weighted by molar-refractivity contribution is -0.385. The number of likely N-dealkylation sites (tertiary alicyclic amines) is 2. The van der Waals surface area contributed by atoms with Gasteiger partial charge in [0.05, 0.1) is 16.2 Å². The zero-order valence-corrected chi connectivity index (χ0v) is 19.0. The topological polar surface area (TPSA) is 79.6 Å². The maximum atomic E-state index is 13.3. The average molecular weight is 437 g/mol. The van der Waals surface area contributed by atoms with E-state index in [0.717, 1.165) is 74.4 Å². The first-order chi connectivity index (χ1) is 15.4. The van der Waals surface area contributed by atoms with Gasteiger partial charge in [0.1, 0.15) is 0 Å². The highest BCUT2D eigenvalue weighted by Crippen LogP contribution is 2.32. The molecule has 7 nitrogen and oxygen atoms in total. The predicted molar refractivity (Wildman–Crippen MR) is 124 cm³/mol. The molecule has 3 heterocycles.